The van der Waals surface area contributed by atoms with E-state index in [-0.39, 0.29) is 6.04 Å². The molecule has 1 unspecified atom stereocenters. The van der Waals surface area contributed by atoms with E-state index < -0.39 is 0 Å². The molecule has 0 amide bonds. The van der Waals surface area contributed by atoms with Gasteiger partial charge in [-0.15, -0.1) is 0 Å². The Morgan fingerprint density at radius 3 is 2.76 bits per heavy atom. The molecule has 1 heterocycles. The van der Waals surface area contributed by atoms with Gasteiger partial charge >= 0.3 is 0 Å². The number of nitrogens with zero attached hydrogens (tertiary/aromatic N) is 1. The second-order valence-electron chi connectivity index (χ2n) is 4.78. The van der Waals surface area contributed by atoms with E-state index in [1.54, 1.807) is 17.8 Å². The summed E-state index contributed by atoms with van der Waals surface area (Å²) in [5, 5.41) is 5.85. The third kappa shape index (κ3) is 3.73. The number of amidine groups is 1. The molecule has 1 aliphatic rings. The van der Waals surface area contributed by atoms with Gasteiger partial charge in [0.15, 0.2) is 5.17 Å². The Kier molecular flexibility index (Phi) is 4.73. The molecule has 0 bridgehead atoms. The first-order valence-corrected chi connectivity index (χ1v) is 8.39. The number of hydrogen-bond donors (Lipinski definition) is 1. The van der Waals surface area contributed by atoms with Gasteiger partial charge in [-0.3, -0.25) is 4.99 Å². The minimum Gasteiger partial charge on any atom is -0.356 e. The molecule has 21 heavy (non-hydrogen) atoms. The Morgan fingerprint density at radius 2 is 1.95 bits per heavy atom. The van der Waals surface area contributed by atoms with Gasteiger partial charge in [0.05, 0.1) is 12.6 Å². The number of hydrogen-bond acceptors (Lipinski definition) is 3. The van der Waals surface area contributed by atoms with E-state index >= 15 is 0 Å². The van der Waals surface area contributed by atoms with Crippen LogP contribution in [-0.2, 0) is 5.75 Å². The van der Waals surface area contributed by atoms with Gasteiger partial charge in [0.1, 0.15) is 0 Å². The topological polar surface area (TPSA) is 24.4 Å². The SMILES string of the molecule is Clc1ccc(Cl)c(CSC2=NCC(c3ccccc3)N2)c1. The highest BCUT2D eigenvalue weighted by atomic mass is 35.5. The Morgan fingerprint density at radius 1 is 1.14 bits per heavy atom. The lowest BCUT2D eigenvalue weighted by Gasteiger charge is -2.12. The van der Waals surface area contributed by atoms with Crippen molar-refractivity contribution in [2.24, 2.45) is 4.99 Å². The zero-order chi connectivity index (χ0) is 14.7. The molecule has 2 nitrogen and oxygen atoms in total. The van der Waals surface area contributed by atoms with E-state index in [4.69, 9.17) is 23.2 Å². The summed E-state index contributed by atoms with van der Waals surface area (Å²) in [6.07, 6.45) is 0. The van der Waals surface area contributed by atoms with E-state index in [1.165, 1.54) is 5.56 Å². The minimum atomic E-state index is 0.267. The predicted molar refractivity (Wildman–Crippen MR) is 92.4 cm³/mol. The van der Waals surface area contributed by atoms with Crippen molar-refractivity contribution < 1.29 is 0 Å². The smallest absolute Gasteiger partial charge is 0.157 e. The summed E-state index contributed by atoms with van der Waals surface area (Å²) in [6, 6.07) is 16.2. The van der Waals surface area contributed by atoms with Crippen molar-refractivity contribution in [3.05, 3.63) is 69.7 Å². The molecular weight excluding hydrogens is 323 g/mol. The Labute approximate surface area is 138 Å². The van der Waals surface area contributed by atoms with Crippen LogP contribution in [0.4, 0.5) is 0 Å². The van der Waals surface area contributed by atoms with Crippen LogP contribution in [0.15, 0.2) is 53.5 Å². The Bertz CT molecular complexity index is 659. The van der Waals surface area contributed by atoms with Crippen LogP contribution in [0, 0.1) is 0 Å². The number of aliphatic imine (C=N–C) groups is 1. The molecule has 5 heteroatoms. The fourth-order valence-electron chi connectivity index (χ4n) is 2.18. The lowest BCUT2D eigenvalue weighted by atomic mass is 10.1. The number of thioether (sulfide) groups is 1. The third-order valence-electron chi connectivity index (χ3n) is 3.29. The van der Waals surface area contributed by atoms with Crippen molar-refractivity contribution in [2.75, 3.05) is 6.54 Å². The van der Waals surface area contributed by atoms with Gasteiger partial charge in [0.25, 0.3) is 0 Å². The van der Waals surface area contributed by atoms with Crippen LogP contribution in [0.1, 0.15) is 17.2 Å². The molecule has 2 aromatic rings. The van der Waals surface area contributed by atoms with Gasteiger partial charge in [0, 0.05) is 15.8 Å². The van der Waals surface area contributed by atoms with Crippen molar-refractivity contribution in [3.8, 4) is 0 Å². The first-order chi connectivity index (χ1) is 10.2. The van der Waals surface area contributed by atoms with Gasteiger partial charge in [0.2, 0.25) is 0 Å². The maximum Gasteiger partial charge on any atom is 0.157 e. The fourth-order valence-corrected chi connectivity index (χ4v) is 3.56. The first kappa shape index (κ1) is 14.8. The minimum absolute atomic E-state index is 0.267. The summed E-state index contributed by atoms with van der Waals surface area (Å²) in [5.41, 5.74) is 2.29. The van der Waals surface area contributed by atoms with E-state index in [2.05, 4.69) is 22.4 Å². The number of benzene rings is 2. The summed E-state index contributed by atoms with van der Waals surface area (Å²) in [6.45, 7) is 0.773. The standard InChI is InChI=1S/C16H14Cl2N2S/c17-13-6-7-14(18)12(8-13)10-21-16-19-9-15(20-16)11-4-2-1-3-5-11/h1-8,15H,9-10H2,(H,19,20). The zero-order valence-electron chi connectivity index (χ0n) is 11.2. The average molecular weight is 337 g/mol. The summed E-state index contributed by atoms with van der Waals surface area (Å²) in [4.78, 5) is 4.55. The van der Waals surface area contributed by atoms with Crippen molar-refractivity contribution in [1.29, 1.82) is 0 Å². The molecule has 0 fully saturated rings. The van der Waals surface area contributed by atoms with E-state index in [0.29, 0.717) is 5.02 Å². The Balaban J connectivity index is 1.59. The van der Waals surface area contributed by atoms with Gasteiger partial charge in [-0.25, -0.2) is 0 Å². The molecule has 0 spiro atoms. The van der Waals surface area contributed by atoms with Gasteiger partial charge in [-0.1, -0.05) is 65.3 Å². The monoisotopic (exact) mass is 336 g/mol. The van der Waals surface area contributed by atoms with Crippen LogP contribution in [-0.4, -0.2) is 11.7 Å². The number of rotatable bonds is 3. The van der Waals surface area contributed by atoms with E-state index in [9.17, 15) is 0 Å². The molecule has 0 radical (unpaired) electrons. The van der Waals surface area contributed by atoms with Crippen molar-refractivity contribution in [2.45, 2.75) is 11.8 Å². The summed E-state index contributed by atoms with van der Waals surface area (Å²) >= 11 is 13.8. The quantitative estimate of drug-likeness (QED) is 0.859. The Hall–Kier alpha value is -1.16. The third-order valence-corrected chi connectivity index (χ3v) is 4.87. The number of halogens is 2. The van der Waals surface area contributed by atoms with Crippen LogP contribution in [0.25, 0.3) is 0 Å². The molecular formula is C16H14Cl2N2S. The maximum absolute atomic E-state index is 6.17. The van der Waals surface area contributed by atoms with Gasteiger partial charge in [-0.2, -0.15) is 0 Å². The zero-order valence-corrected chi connectivity index (χ0v) is 13.6. The van der Waals surface area contributed by atoms with Crippen LogP contribution >= 0.6 is 35.0 Å². The summed E-state index contributed by atoms with van der Waals surface area (Å²) in [5.74, 6) is 0.757. The van der Waals surface area contributed by atoms with Crippen molar-refractivity contribution in [1.82, 2.24) is 5.32 Å². The van der Waals surface area contributed by atoms with E-state index in [0.717, 1.165) is 28.1 Å². The number of nitrogens with one attached hydrogen (secondary N) is 1. The van der Waals surface area contributed by atoms with Crippen LogP contribution in [0.5, 0.6) is 0 Å². The van der Waals surface area contributed by atoms with Crippen LogP contribution in [0.3, 0.4) is 0 Å². The molecule has 0 aliphatic carbocycles. The van der Waals surface area contributed by atoms with E-state index in [1.807, 2.05) is 30.3 Å². The predicted octanol–water partition coefficient (Wildman–Crippen LogP) is 4.93. The lowest BCUT2D eigenvalue weighted by molar-refractivity contribution is 0.712. The maximum atomic E-state index is 6.17. The highest BCUT2D eigenvalue weighted by molar-refractivity contribution is 8.13. The van der Waals surface area contributed by atoms with Crippen LogP contribution < -0.4 is 5.32 Å². The molecule has 1 aliphatic heterocycles. The normalized spacial score (nSPS) is 17.4. The molecule has 1 N–H and O–H groups in total. The molecule has 108 valence electrons. The molecule has 1 atom stereocenters. The molecule has 2 aromatic carbocycles. The highest BCUT2D eigenvalue weighted by Gasteiger charge is 2.19. The lowest BCUT2D eigenvalue weighted by Crippen LogP contribution is -2.21. The molecule has 0 saturated heterocycles. The molecule has 0 saturated carbocycles. The second kappa shape index (κ2) is 6.73. The second-order valence-corrected chi connectivity index (χ2v) is 6.59. The fraction of sp³-hybridized carbons (Fsp3) is 0.188. The van der Waals surface area contributed by atoms with Crippen LogP contribution in [0.2, 0.25) is 10.0 Å². The molecule has 3 rings (SSSR count). The summed E-state index contributed by atoms with van der Waals surface area (Å²) in [7, 11) is 0. The van der Waals surface area contributed by atoms with Gasteiger partial charge < -0.3 is 5.32 Å². The highest BCUT2D eigenvalue weighted by Crippen LogP contribution is 2.27. The average Bonchev–Trinajstić information content (AvgIpc) is 2.98. The van der Waals surface area contributed by atoms with Crippen molar-refractivity contribution >= 4 is 40.1 Å². The summed E-state index contributed by atoms with van der Waals surface area (Å²) < 4.78 is 0. The molecule has 0 aromatic heterocycles. The first-order valence-electron chi connectivity index (χ1n) is 6.65. The van der Waals surface area contributed by atoms with Gasteiger partial charge in [-0.05, 0) is 29.3 Å². The largest absolute Gasteiger partial charge is 0.356 e. The van der Waals surface area contributed by atoms with Crippen molar-refractivity contribution in [3.63, 3.8) is 0 Å².